The van der Waals surface area contributed by atoms with E-state index in [-0.39, 0.29) is 6.42 Å². The van der Waals surface area contributed by atoms with Gasteiger partial charge in [-0.25, -0.2) is 4.79 Å². The molecular weight excluding hydrogens is 306 g/mol. The molecular formula is C14H15N3O6. The molecule has 2 atom stereocenters. The number of fused-ring (bicyclic) bond motifs is 1. The lowest BCUT2D eigenvalue weighted by atomic mass is 10.1. The number of nitrogens with one attached hydrogen (secondary N) is 2. The number of anilines is 1. The molecule has 9 heteroatoms. The number of rotatable bonds is 4. The van der Waals surface area contributed by atoms with Crippen LogP contribution in [0.1, 0.15) is 13.3 Å². The summed E-state index contributed by atoms with van der Waals surface area (Å²) in [5, 5.41) is 4.39. The summed E-state index contributed by atoms with van der Waals surface area (Å²) in [6, 6.07) is 5.72. The first-order valence-electron chi connectivity index (χ1n) is 6.73. The summed E-state index contributed by atoms with van der Waals surface area (Å²) >= 11 is 0. The number of imide groups is 1. The van der Waals surface area contributed by atoms with Gasteiger partial charge in [0.2, 0.25) is 0 Å². The molecule has 0 saturated carbocycles. The molecule has 122 valence electrons. The van der Waals surface area contributed by atoms with E-state index in [4.69, 9.17) is 15.2 Å². The number of primary amides is 1. The van der Waals surface area contributed by atoms with Crippen molar-refractivity contribution in [2.45, 2.75) is 25.6 Å². The third-order valence-electron chi connectivity index (χ3n) is 2.98. The van der Waals surface area contributed by atoms with Crippen molar-refractivity contribution in [1.82, 2.24) is 5.32 Å². The molecule has 1 aliphatic rings. The second kappa shape index (κ2) is 6.77. The number of ether oxygens (including phenoxy) is 2. The number of esters is 1. The van der Waals surface area contributed by atoms with Crippen LogP contribution in [0.4, 0.5) is 10.5 Å². The number of urea groups is 1. The minimum atomic E-state index is -1.23. The standard InChI is InChI=1S/C14H15N3O6/c1-7(12(19)17-14(15)21)22-11(18)6-10-13(20)16-8-4-2-3-5-9(8)23-10/h2-5,7,10H,6H2,1H3,(H,16,20)(H3,15,17,19,21)/t7-,10-/m0/s1. The number of hydrogen-bond acceptors (Lipinski definition) is 6. The molecule has 2 rings (SSSR count). The Morgan fingerprint density at radius 1 is 1.39 bits per heavy atom. The first-order valence-corrected chi connectivity index (χ1v) is 6.73. The van der Waals surface area contributed by atoms with Crippen molar-refractivity contribution in [3.05, 3.63) is 24.3 Å². The van der Waals surface area contributed by atoms with Gasteiger partial charge >= 0.3 is 12.0 Å². The zero-order valence-electron chi connectivity index (χ0n) is 12.2. The van der Waals surface area contributed by atoms with Gasteiger partial charge in [0, 0.05) is 0 Å². The van der Waals surface area contributed by atoms with Gasteiger partial charge in [-0.1, -0.05) is 12.1 Å². The summed E-state index contributed by atoms with van der Waals surface area (Å²) in [5.74, 6) is -1.74. The number of benzene rings is 1. The van der Waals surface area contributed by atoms with E-state index in [1.807, 2.05) is 0 Å². The number of nitrogens with two attached hydrogens (primary N) is 1. The van der Waals surface area contributed by atoms with Crippen LogP contribution in [0.15, 0.2) is 24.3 Å². The van der Waals surface area contributed by atoms with Crippen molar-refractivity contribution in [1.29, 1.82) is 0 Å². The van der Waals surface area contributed by atoms with Gasteiger partial charge < -0.3 is 20.5 Å². The van der Waals surface area contributed by atoms with E-state index in [1.165, 1.54) is 6.92 Å². The summed E-state index contributed by atoms with van der Waals surface area (Å²) in [5.41, 5.74) is 5.30. The molecule has 1 aromatic rings. The number of hydrogen-bond donors (Lipinski definition) is 3. The van der Waals surface area contributed by atoms with Crippen molar-refractivity contribution in [2.75, 3.05) is 5.32 Å². The molecule has 4 amide bonds. The molecule has 23 heavy (non-hydrogen) atoms. The first kappa shape index (κ1) is 16.3. The van der Waals surface area contributed by atoms with Crippen LogP contribution in [-0.2, 0) is 19.1 Å². The van der Waals surface area contributed by atoms with E-state index >= 15 is 0 Å². The van der Waals surface area contributed by atoms with Gasteiger partial charge in [-0.2, -0.15) is 0 Å². The maximum atomic E-state index is 11.9. The Balaban J connectivity index is 1.92. The molecule has 9 nitrogen and oxygen atoms in total. The largest absolute Gasteiger partial charge is 0.478 e. The molecule has 0 bridgehead atoms. The minimum Gasteiger partial charge on any atom is -0.478 e. The number of carbonyl (C=O) groups is 4. The third-order valence-corrected chi connectivity index (χ3v) is 2.98. The highest BCUT2D eigenvalue weighted by Crippen LogP contribution is 2.29. The molecule has 0 saturated heterocycles. The molecule has 1 aromatic carbocycles. The van der Waals surface area contributed by atoms with Crippen LogP contribution >= 0.6 is 0 Å². The van der Waals surface area contributed by atoms with E-state index in [2.05, 4.69) is 5.32 Å². The summed E-state index contributed by atoms with van der Waals surface area (Å²) in [7, 11) is 0. The maximum Gasteiger partial charge on any atom is 0.318 e. The maximum absolute atomic E-state index is 11.9. The Hall–Kier alpha value is -3.10. The van der Waals surface area contributed by atoms with E-state index in [1.54, 1.807) is 29.6 Å². The van der Waals surface area contributed by atoms with E-state index in [9.17, 15) is 19.2 Å². The van der Waals surface area contributed by atoms with Crippen molar-refractivity contribution in [3.8, 4) is 5.75 Å². The van der Waals surface area contributed by atoms with Gasteiger partial charge in [0.1, 0.15) is 5.75 Å². The fraction of sp³-hybridized carbons (Fsp3) is 0.286. The van der Waals surface area contributed by atoms with Gasteiger partial charge in [-0.15, -0.1) is 0 Å². The highest BCUT2D eigenvalue weighted by atomic mass is 16.6. The quantitative estimate of drug-likeness (QED) is 0.662. The second-order valence-corrected chi connectivity index (χ2v) is 4.78. The lowest BCUT2D eigenvalue weighted by Gasteiger charge is -2.25. The Morgan fingerprint density at radius 3 is 2.78 bits per heavy atom. The van der Waals surface area contributed by atoms with E-state index in [0.717, 1.165) is 0 Å². The van der Waals surface area contributed by atoms with Crippen molar-refractivity contribution in [3.63, 3.8) is 0 Å². The zero-order chi connectivity index (χ0) is 17.0. The average molecular weight is 321 g/mol. The van der Waals surface area contributed by atoms with Crippen LogP contribution in [-0.4, -0.2) is 36.0 Å². The molecule has 0 unspecified atom stereocenters. The molecule has 0 radical (unpaired) electrons. The van der Waals surface area contributed by atoms with Crippen LogP contribution in [0.25, 0.3) is 0 Å². The van der Waals surface area contributed by atoms with Crippen LogP contribution in [0.2, 0.25) is 0 Å². The minimum absolute atomic E-state index is 0.381. The topological polar surface area (TPSA) is 137 Å². The molecule has 0 fully saturated rings. The molecule has 1 aliphatic heterocycles. The predicted octanol–water partition coefficient (Wildman–Crippen LogP) is -0.0972. The van der Waals surface area contributed by atoms with E-state index < -0.39 is 36.0 Å². The molecule has 0 spiro atoms. The molecule has 0 aromatic heterocycles. The second-order valence-electron chi connectivity index (χ2n) is 4.78. The highest BCUT2D eigenvalue weighted by Gasteiger charge is 2.31. The number of carbonyl (C=O) groups excluding carboxylic acids is 4. The molecule has 0 aliphatic carbocycles. The fourth-order valence-electron chi connectivity index (χ4n) is 1.90. The monoisotopic (exact) mass is 321 g/mol. The first-order chi connectivity index (χ1) is 10.9. The van der Waals surface area contributed by atoms with E-state index in [0.29, 0.717) is 11.4 Å². The van der Waals surface area contributed by atoms with Gasteiger partial charge in [-0.3, -0.25) is 19.7 Å². The lowest BCUT2D eigenvalue weighted by Crippen LogP contribution is -2.43. The Labute approximate surface area is 131 Å². The molecule has 4 N–H and O–H groups in total. The Bertz CT molecular complexity index is 660. The van der Waals surface area contributed by atoms with Crippen LogP contribution in [0.5, 0.6) is 5.75 Å². The van der Waals surface area contributed by atoms with Crippen LogP contribution < -0.4 is 21.1 Å². The lowest BCUT2D eigenvalue weighted by molar-refractivity contribution is -0.157. The normalized spacial score (nSPS) is 17.1. The summed E-state index contributed by atoms with van der Waals surface area (Å²) in [6.45, 7) is 1.27. The van der Waals surface area contributed by atoms with Gasteiger partial charge in [-0.05, 0) is 19.1 Å². The number of para-hydroxylation sites is 2. The fourth-order valence-corrected chi connectivity index (χ4v) is 1.90. The third kappa shape index (κ3) is 4.19. The van der Waals surface area contributed by atoms with Gasteiger partial charge in [0.15, 0.2) is 12.2 Å². The highest BCUT2D eigenvalue weighted by molar-refractivity contribution is 6.00. The van der Waals surface area contributed by atoms with Gasteiger partial charge in [0.05, 0.1) is 12.1 Å². The zero-order valence-corrected chi connectivity index (χ0v) is 12.2. The SMILES string of the molecule is C[C@H](OC(=O)C[C@@H]1Oc2ccccc2NC1=O)C(=O)NC(N)=O. The van der Waals surface area contributed by atoms with Crippen molar-refractivity contribution < 1.29 is 28.7 Å². The smallest absolute Gasteiger partial charge is 0.318 e. The van der Waals surface area contributed by atoms with Crippen LogP contribution in [0.3, 0.4) is 0 Å². The number of amides is 4. The Kier molecular flexibility index (Phi) is 4.79. The summed E-state index contributed by atoms with van der Waals surface area (Å²) in [4.78, 5) is 45.6. The van der Waals surface area contributed by atoms with Crippen LogP contribution in [0, 0.1) is 0 Å². The summed E-state index contributed by atoms with van der Waals surface area (Å²) in [6.07, 6.45) is -2.67. The van der Waals surface area contributed by atoms with Crippen molar-refractivity contribution >= 4 is 29.5 Å². The molecule has 1 heterocycles. The predicted molar refractivity (Wildman–Crippen MR) is 77.4 cm³/mol. The summed E-state index contributed by atoms with van der Waals surface area (Å²) < 4.78 is 10.3. The average Bonchev–Trinajstić information content (AvgIpc) is 2.47. The Morgan fingerprint density at radius 2 is 2.09 bits per heavy atom. The van der Waals surface area contributed by atoms with Crippen molar-refractivity contribution in [2.24, 2.45) is 5.73 Å². The van der Waals surface area contributed by atoms with Gasteiger partial charge in [0.25, 0.3) is 11.8 Å².